The van der Waals surface area contributed by atoms with Gasteiger partial charge >= 0.3 is 12.0 Å². The third-order valence-electron chi connectivity index (χ3n) is 3.87. The zero-order valence-electron chi connectivity index (χ0n) is 13.8. The smallest absolute Gasteiger partial charge is 0.382 e. The largest absolute Gasteiger partial charge is 0.461 e. The van der Waals surface area contributed by atoms with Crippen LogP contribution in [-0.4, -0.2) is 29.3 Å². The second-order valence-electron chi connectivity index (χ2n) is 5.49. The summed E-state index contributed by atoms with van der Waals surface area (Å²) in [5, 5.41) is 11.5. The lowest BCUT2D eigenvalue weighted by Gasteiger charge is -2.19. The Morgan fingerprint density at radius 3 is 2.12 bits per heavy atom. The Balaban J connectivity index is 2.37. The third kappa shape index (κ3) is 4.73. The molecule has 0 bridgehead atoms. The van der Waals surface area contributed by atoms with Crippen molar-refractivity contribution in [2.75, 3.05) is 6.61 Å². The van der Waals surface area contributed by atoms with Crippen molar-refractivity contribution in [3.8, 4) is 0 Å². The van der Waals surface area contributed by atoms with E-state index in [9.17, 15) is 19.7 Å². The number of ketones is 1. The molecule has 0 saturated heterocycles. The fourth-order valence-electron chi connectivity index (χ4n) is 2.68. The van der Waals surface area contributed by atoms with E-state index in [0.29, 0.717) is 11.1 Å². The van der Waals surface area contributed by atoms with Gasteiger partial charge in [0, 0.05) is 16.9 Å². The number of carbonyl (C=O) groups is 2. The van der Waals surface area contributed by atoms with Crippen molar-refractivity contribution in [2.24, 2.45) is 0 Å². The topological polar surface area (TPSA) is 86.5 Å². The van der Waals surface area contributed by atoms with Crippen molar-refractivity contribution in [2.45, 2.75) is 25.3 Å². The molecular weight excluding hydrogens is 322 g/mol. The minimum atomic E-state index is -1.63. The van der Waals surface area contributed by atoms with Crippen LogP contribution in [0.3, 0.4) is 0 Å². The minimum Gasteiger partial charge on any atom is -0.461 e. The van der Waals surface area contributed by atoms with Crippen molar-refractivity contribution >= 4 is 11.8 Å². The summed E-state index contributed by atoms with van der Waals surface area (Å²) < 4.78 is 4.86. The summed E-state index contributed by atoms with van der Waals surface area (Å²) in [4.78, 5) is 35.6. The fraction of sp³-hybridized carbons (Fsp3) is 0.263. The summed E-state index contributed by atoms with van der Waals surface area (Å²) in [6.45, 7) is 1.62. The second kappa shape index (κ2) is 8.73. The van der Waals surface area contributed by atoms with Crippen molar-refractivity contribution in [1.82, 2.24) is 0 Å². The lowest BCUT2D eigenvalue weighted by molar-refractivity contribution is -0.514. The SMILES string of the molecule is CCOC(=O)C(C(CC(=O)c1ccccc1)c1ccccc1)[N+](=O)[O-]. The normalized spacial score (nSPS) is 12.8. The van der Waals surface area contributed by atoms with E-state index in [2.05, 4.69) is 0 Å². The van der Waals surface area contributed by atoms with E-state index in [1.165, 1.54) is 0 Å². The molecule has 0 aliphatic rings. The van der Waals surface area contributed by atoms with Crippen LogP contribution in [0.2, 0.25) is 0 Å². The van der Waals surface area contributed by atoms with Crippen molar-refractivity contribution in [1.29, 1.82) is 0 Å². The first-order chi connectivity index (χ1) is 12.0. The van der Waals surface area contributed by atoms with Gasteiger partial charge in [-0.2, -0.15) is 0 Å². The highest BCUT2D eigenvalue weighted by molar-refractivity contribution is 5.97. The summed E-state index contributed by atoms with van der Waals surface area (Å²) in [6, 6.07) is 15.5. The van der Waals surface area contributed by atoms with Gasteiger partial charge < -0.3 is 4.74 Å². The summed E-state index contributed by atoms with van der Waals surface area (Å²) in [7, 11) is 0. The van der Waals surface area contributed by atoms with E-state index < -0.39 is 22.9 Å². The standard InChI is InChI=1S/C19H19NO5/c1-2-25-19(22)18(20(23)24)16(14-9-5-3-6-10-14)13-17(21)15-11-7-4-8-12-15/h3-12,16,18H,2,13H2,1H3. The maximum atomic E-state index is 12.6. The number of hydrogen-bond donors (Lipinski definition) is 0. The van der Waals surface area contributed by atoms with Crippen LogP contribution >= 0.6 is 0 Å². The molecule has 0 amide bonds. The zero-order chi connectivity index (χ0) is 18.2. The Morgan fingerprint density at radius 2 is 1.60 bits per heavy atom. The number of ether oxygens (including phenoxy) is 1. The summed E-state index contributed by atoms with van der Waals surface area (Å²) in [6.07, 6.45) is -0.154. The number of hydrogen-bond acceptors (Lipinski definition) is 5. The van der Waals surface area contributed by atoms with E-state index in [1.807, 2.05) is 0 Å². The molecule has 25 heavy (non-hydrogen) atoms. The molecule has 0 aliphatic carbocycles. The molecule has 0 aliphatic heterocycles. The molecule has 130 valence electrons. The number of nitrogens with zero attached hydrogens (tertiary/aromatic N) is 1. The lowest BCUT2D eigenvalue weighted by atomic mass is 9.86. The Morgan fingerprint density at radius 1 is 1.04 bits per heavy atom. The molecule has 2 atom stereocenters. The molecule has 0 aromatic heterocycles. The van der Waals surface area contributed by atoms with Gasteiger partial charge in [-0.25, -0.2) is 4.79 Å². The van der Waals surface area contributed by atoms with E-state index in [-0.39, 0.29) is 18.8 Å². The number of nitro groups is 1. The van der Waals surface area contributed by atoms with Crippen LogP contribution in [0.1, 0.15) is 35.2 Å². The lowest BCUT2D eigenvalue weighted by Crippen LogP contribution is -2.38. The Bertz CT molecular complexity index is 730. The molecule has 0 radical (unpaired) electrons. The van der Waals surface area contributed by atoms with Crippen molar-refractivity contribution in [3.05, 3.63) is 81.9 Å². The number of benzene rings is 2. The van der Waals surface area contributed by atoms with Gasteiger partial charge in [0.25, 0.3) is 0 Å². The average Bonchev–Trinajstić information content (AvgIpc) is 2.62. The summed E-state index contributed by atoms with van der Waals surface area (Å²) in [5.41, 5.74) is 1.01. The van der Waals surface area contributed by atoms with Crippen LogP contribution in [0, 0.1) is 10.1 Å². The average molecular weight is 341 g/mol. The molecule has 2 aromatic carbocycles. The number of carbonyl (C=O) groups excluding carboxylic acids is 2. The molecule has 2 unspecified atom stereocenters. The first kappa shape index (κ1) is 18.3. The van der Waals surface area contributed by atoms with Gasteiger partial charge in [-0.1, -0.05) is 60.7 Å². The maximum absolute atomic E-state index is 12.6. The van der Waals surface area contributed by atoms with Gasteiger partial charge in [-0.05, 0) is 12.5 Å². The van der Waals surface area contributed by atoms with Crippen LogP contribution in [-0.2, 0) is 9.53 Å². The van der Waals surface area contributed by atoms with Crippen LogP contribution in [0.25, 0.3) is 0 Å². The van der Waals surface area contributed by atoms with Gasteiger partial charge in [-0.15, -0.1) is 0 Å². The number of rotatable bonds is 8. The van der Waals surface area contributed by atoms with E-state index in [4.69, 9.17) is 4.74 Å². The monoisotopic (exact) mass is 341 g/mol. The molecular formula is C19H19NO5. The molecule has 0 heterocycles. The Kier molecular flexibility index (Phi) is 6.39. The Hall–Kier alpha value is -3.02. The predicted molar refractivity (Wildman–Crippen MR) is 92.0 cm³/mol. The molecule has 2 aromatic rings. The molecule has 6 heteroatoms. The van der Waals surface area contributed by atoms with Crippen LogP contribution < -0.4 is 0 Å². The maximum Gasteiger partial charge on any atom is 0.382 e. The second-order valence-corrected chi connectivity index (χ2v) is 5.49. The number of Topliss-reactive ketones (excluding diaryl/α,β-unsaturated/α-hetero) is 1. The first-order valence-corrected chi connectivity index (χ1v) is 7.98. The van der Waals surface area contributed by atoms with Crippen LogP contribution in [0.5, 0.6) is 0 Å². The molecule has 0 spiro atoms. The van der Waals surface area contributed by atoms with Gasteiger partial charge in [0.15, 0.2) is 5.78 Å². The van der Waals surface area contributed by atoms with Crippen molar-refractivity contribution in [3.63, 3.8) is 0 Å². The van der Waals surface area contributed by atoms with Gasteiger partial charge in [-0.3, -0.25) is 14.9 Å². The molecule has 0 fully saturated rings. The molecule has 0 saturated carbocycles. The van der Waals surface area contributed by atoms with Gasteiger partial charge in [0.2, 0.25) is 0 Å². The van der Waals surface area contributed by atoms with Gasteiger partial charge in [0.05, 0.1) is 12.5 Å². The minimum absolute atomic E-state index is 0.0390. The quantitative estimate of drug-likeness (QED) is 0.318. The number of esters is 1. The van der Waals surface area contributed by atoms with Gasteiger partial charge in [0.1, 0.15) is 0 Å². The predicted octanol–water partition coefficient (Wildman–Crippen LogP) is 3.25. The van der Waals surface area contributed by atoms with E-state index in [0.717, 1.165) is 0 Å². The summed E-state index contributed by atoms with van der Waals surface area (Å²) >= 11 is 0. The first-order valence-electron chi connectivity index (χ1n) is 7.98. The molecule has 6 nitrogen and oxygen atoms in total. The Labute approximate surface area is 145 Å². The highest BCUT2D eigenvalue weighted by Gasteiger charge is 2.42. The highest BCUT2D eigenvalue weighted by Crippen LogP contribution is 2.28. The molecule has 0 N–H and O–H groups in total. The highest BCUT2D eigenvalue weighted by atomic mass is 16.6. The van der Waals surface area contributed by atoms with Crippen LogP contribution in [0.15, 0.2) is 60.7 Å². The van der Waals surface area contributed by atoms with E-state index >= 15 is 0 Å². The van der Waals surface area contributed by atoms with E-state index in [1.54, 1.807) is 67.6 Å². The third-order valence-corrected chi connectivity index (χ3v) is 3.87. The zero-order valence-corrected chi connectivity index (χ0v) is 13.8. The fourth-order valence-corrected chi connectivity index (χ4v) is 2.68. The molecule has 2 rings (SSSR count). The van der Waals surface area contributed by atoms with Crippen molar-refractivity contribution < 1.29 is 19.2 Å². The van der Waals surface area contributed by atoms with Crippen LogP contribution in [0.4, 0.5) is 0 Å². The summed E-state index contributed by atoms with van der Waals surface area (Å²) in [5.74, 6) is -2.09.